The predicted molar refractivity (Wildman–Crippen MR) is 122 cm³/mol. The molecule has 0 aliphatic rings. The van der Waals surface area contributed by atoms with Gasteiger partial charge in [0.1, 0.15) is 29.7 Å². The first-order valence-electron chi connectivity index (χ1n) is 9.52. The van der Waals surface area contributed by atoms with Crippen LogP contribution in [0.2, 0.25) is 5.02 Å². The number of carbonyl (C=O) groups excluding carboxylic acids is 1. The number of aryl methyl sites for hydroxylation is 1. The Balaban J connectivity index is 1.84. The van der Waals surface area contributed by atoms with E-state index in [1.165, 1.54) is 18.2 Å². The number of hydrogen-bond donors (Lipinski definition) is 1. The molecule has 0 unspecified atom stereocenters. The van der Waals surface area contributed by atoms with Crippen LogP contribution in [0.25, 0.3) is 6.08 Å². The number of benzene rings is 3. The van der Waals surface area contributed by atoms with Crippen molar-refractivity contribution in [2.45, 2.75) is 13.5 Å². The first kappa shape index (κ1) is 22.5. The molecule has 3 rings (SSSR count). The highest BCUT2D eigenvalue weighted by Gasteiger charge is 2.18. The standard InChI is InChI=1S/C24H18ClN3O4/c1-16-10-11-21(22(12-16)28(30)31)27-24(29)19(14-26)13-17-6-3-5-9-23(17)32-15-18-7-2-4-8-20(18)25/h2-13H,15H2,1H3,(H,27,29)/b19-13+. The minimum Gasteiger partial charge on any atom is -0.488 e. The highest BCUT2D eigenvalue weighted by atomic mass is 35.5. The third kappa shape index (κ3) is 5.50. The lowest BCUT2D eigenvalue weighted by Crippen LogP contribution is -2.14. The predicted octanol–water partition coefficient (Wildman–Crippen LogP) is 5.68. The molecule has 0 atom stereocenters. The van der Waals surface area contributed by atoms with Crippen LogP contribution in [0.3, 0.4) is 0 Å². The van der Waals surface area contributed by atoms with Crippen LogP contribution in [-0.2, 0) is 11.4 Å². The number of halogens is 1. The van der Waals surface area contributed by atoms with Crippen molar-refractivity contribution in [2.24, 2.45) is 0 Å². The molecule has 8 heteroatoms. The SMILES string of the molecule is Cc1ccc(NC(=O)/C(C#N)=C/c2ccccc2OCc2ccccc2Cl)c([N+](=O)[O-])c1. The second-order valence-electron chi connectivity index (χ2n) is 6.82. The zero-order valence-corrected chi connectivity index (χ0v) is 17.8. The lowest BCUT2D eigenvalue weighted by atomic mass is 10.1. The van der Waals surface area contributed by atoms with Gasteiger partial charge in [-0.25, -0.2) is 0 Å². The highest BCUT2D eigenvalue weighted by Crippen LogP contribution is 2.27. The third-order valence-electron chi connectivity index (χ3n) is 4.52. The zero-order chi connectivity index (χ0) is 23.1. The number of rotatable bonds is 7. The van der Waals surface area contributed by atoms with Gasteiger partial charge in [0.25, 0.3) is 11.6 Å². The largest absolute Gasteiger partial charge is 0.488 e. The van der Waals surface area contributed by atoms with Crippen LogP contribution in [0.4, 0.5) is 11.4 Å². The number of hydrogen-bond acceptors (Lipinski definition) is 5. The number of ether oxygens (including phenoxy) is 1. The van der Waals surface area contributed by atoms with Gasteiger partial charge < -0.3 is 10.1 Å². The average Bonchev–Trinajstić information content (AvgIpc) is 2.78. The van der Waals surface area contributed by atoms with Crippen LogP contribution in [0.15, 0.2) is 72.3 Å². The minimum atomic E-state index is -0.764. The fraction of sp³-hybridized carbons (Fsp3) is 0.0833. The summed E-state index contributed by atoms with van der Waals surface area (Å²) < 4.78 is 5.85. The van der Waals surface area contributed by atoms with Crippen molar-refractivity contribution in [3.63, 3.8) is 0 Å². The second kappa shape index (κ2) is 10.2. The fourth-order valence-corrected chi connectivity index (χ4v) is 3.08. The summed E-state index contributed by atoms with van der Waals surface area (Å²) in [7, 11) is 0. The molecule has 0 saturated carbocycles. The molecule has 160 valence electrons. The fourth-order valence-electron chi connectivity index (χ4n) is 2.89. The number of amides is 1. The normalized spacial score (nSPS) is 10.8. The van der Waals surface area contributed by atoms with E-state index in [0.717, 1.165) is 5.56 Å². The summed E-state index contributed by atoms with van der Waals surface area (Å²) in [6.07, 6.45) is 1.37. The molecule has 0 saturated heterocycles. The zero-order valence-electron chi connectivity index (χ0n) is 17.0. The Morgan fingerprint density at radius 3 is 2.62 bits per heavy atom. The average molecular weight is 448 g/mol. The van der Waals surface area contributed by atoms with E-state index in [4.69, 9.17) is 16.3 Å². The lowest BCUT2D eigenvalue weighted by Gasteiger charge is -2.11. The number of carbonyl (C=O) groups is 1. The maximum atomic E-state index is 12.7. The second-order valence-corrected chi connectivity index (χ2v) is 7.23. The number of anilines is 1. The van der Waals surface area contributed by atoms with E-state index in [2.05, 4.69) is 5.32 Å². The van der Waals surface area contributed by atoms with Crippen molar-refractivity contribution < 1.29 is 14.5 Å². The van der Waals surface area contributed by atoms with Crippen molar-refractivity contribution >= 4 is 35.0 Å². The summed E-state index contributed by atoms with van der Waals surface area (Å²) in [4.78, 5) is 23.4. The summed E-state index contributed by atoms with van der Waals surface area (Å²) in [5.41, 5.74) is 1.50. The lowest BCUT2D eigenvalue weighted by molar-refractivity contribution is -0.384. The van der Waals surface area contributed by atoms with E-state index in [1.807, 2.05) is 24.3 Å². The van der Waals surface area contributed by atoms with E-state index >= 15 is 0 Å². The van der Waals surface area contributed by atoms with E-state index < -0.39 is 10.8 Å². The van der Waals surface area contributed by atoms with Gasteiger partial charge in [0.05, 0.1) is 4.92 Å². The third-order valence-corrected chi connectivity index (χ3v) is 4.89. The minimum absolute atomic E-state index is 0.00926. The molecule has 32 heavy (non-hydrogen) atoms. The van der Waals surface area contributed by atoms with E-state index in [1.54, 1.807) is 43.3 Å². The molecule has 0 bridgehead atoms. The van der Waals surface area contributed by atoms with Crippen LogP contribution in [-0.4, -0.2) is 10.8 Å². The smallest absolute Gasteiger partial charge is 0.293 e. The molecule has 3 aromatic carbocycles. The van der Waals surface area contributed by atoms with Gasteiger partial charge in [-0.05, 0) is 36.8 Å². The molecule has 0 heterocycles. The number of nitro groups is 1. The van der Waals surface area contributed by atoms with Crippen LogP contribution in [0, 0.1) is 28.4 Å². The topological polar surface area (TPSA) is 105 Å². The Hall–Kier alpha value is -4.15. The molecular weight excluding hydrogens is 430 g/mol. The molecule has 1 N–H and O–H groups in total. The molecule has 0 aliphatic carbocycles. The van der Waals surface area contributed by atoms with Crippen LogP contribution in [0.5, 0.6) is 5.75 Å². The summed E-state index contributed by atoms with van der Waals surface area (Å²) in [6, 6.07) is 20.4. The van der Waals surface area contributed by atoms with Crippen molar-refractivity contribution in [1.29, 1.82) is 5.26 Å². The van der Waals surface area contributed by atoms with Crippen molar-refractivity contribution in [3.05, 3.63) is 104 Å². The van der Waals surface area contributed by atoms with Gasteiger partial charge in [-0.2, -0.15) is 5.26 Å². The van der Waals surface area contributed by atoms with Gasteiger partial charge in [0.15, 0.2) is 0 Å². The summed E-state index contributed by atoms with van der Waals surface area (Å²) in [5, 5.41) is 23.8. The molecule has 1 amide bonds. The van der Waals surface area contributed by atoms with Gasteiger partial charge >= 0.3 is 0 Å². The molecule has 7 nitrogen and oxygen atoms in total. The Labute approximate surface area is 189 Å². The van der Waals surface area contributed by atoms with Crippen LogP contribution >= 0.6 is 11.6 Å². The summed E-state index contributed by atoms with van der Waals surface area (Å²) in [5.74, 6) is -0.311. The maximum absolute atomic E-state index is 12.7. The van der Waals surface area contributed by atoms with Gasteiger partial charge in [-0.1, -0.05) is 54.1 Å². The molecule has 0 fully saturated rings. The molecular formula is C24H18ClN3O4. The molecule has 0 aliphatic heterocycles. The van der Waals surface area contributed by atoms with Gasteiger partial charge in [0.2, 0.25) is 0 Å². The first-order valence-corrected chi connectivity index (χ1v) is 9.90. The number of para-hydroxylation sites is 1. The van der Waals surface area contributed by atoms with Gasteiger partial charge in [-0.15, -0.1) is 0 Å². The Morgan fingerprint density at radius 1 is 1.19 bits per heavy atom. The Morgan fingerprint density at radius 2 is 1.91 bits per heavy atom. The summed E-state index contributed by atoms with van der Waals surface area (Å²) in [6.45, 7) is 1.91. The van der Waals surface area contributed by atoms with Gasteiger partial charge in [0, 0.05) is 22.2 Å². The van der Waals surface area contributed by atoms with Gasteiger partial charge in [-0.3, -0.25) is 14.9 Å². The first-order chi connectivity index (χ1) is 15.4. The van der Waals surface area contributed by atoms with E-state index in [-0.39, 0.29) is 23.6 Å². The van der Waals surface area contributed by atoms with E-state index in [0.29, 0.717) is 21.9 Å². The maximum Gasteiger partial charge on any atom is 0.293 e. The Bertz CT molecular complexity index is 1250. The van der Waals surface area contributed by atoms with Crippen LogP contribution < -0.4 is 10.1 Å². The number of nitrogens with one attached hydrogen (secondary N) is 1. The number of nitriles is 1. The molecule has 0 spiro atoms. The van der Waals surface area contributed by atoms with Crippen molar-refractivity contribution in [3.8, 4) is 11.8 Å². The molecule has 0 radical (unpaired) electrons. The Kier molecular flexibility index (Phi) is 7.21. The highest BCUT2D eigenvalue weighted by molar-refractivity contribution is 6.31. The molecule has 3 aromatic rings. The van der Waals surface area contributed by atoms with Crippen molar-refractivity contribution in [1.82, 2.24) is 0 Å². The van der Waals surface area contributed by atoms with Crippen molar-refractivity contribution in [2.75, 3.05) is 5.32 Å². The molecule has 0 aromatic heterocycles. The number of nitro benzene ring substituents is 1. The van der Waals surface area contributed by atoms with E-state index in [9.17, 15) is 20.2 Å². The monoisotopic (exact) mass is 447 g/mol. The summed E-state index contributed by atoms with van der Waals surface area (Å²) >= 11 is 6.16. The van der Waals surface area contributed by atoms with Crippen LogP contribution in [0.1, 0.15) is 16.7 Å². The quantitative estimate of drug-likeness (QED) is 0.217. The number of nitrogens with zero attached hydrogens (tertiary/aromatic N) is 2.